The second kappa shape index (κ2) is 8.80. The summed E-state index contributed by atoms with van der Waals surface area (Å²) in [6.07, 6.45) is -3.47. The molecule has 1 aromatic heterocycles. The predicted molar refractivity (Wildman–Crippen MR) is 119 cm³/mol. The van der Waals surface area contributed by atoms with Crippen molar-refractivity contribution in [2.45, 2.75) is 52.4 Å². The van der Waals surface area contributed by atoms with Gasteiger partial charge in [-0.3, -0.25) is 10.8 Å². The van der Waals surface area contributed by atoms with Crippen LogP contribution in [-0.4, -0.2) is 50.7 Å². The molecule has 3 atom stereocenters. The lowest BCUT2D eigenvalue weighted by Gasteiger charge is -2.53. The zero-order valence-electron chi connectivity index (χ0n) is 19.4. The monoisotopic (exact) mass is 479 g/mol. The Morgan fingerprint density at radius 1 is 1.21 bits per heavy atom. The summed E-state index contributed by atoms with van der Waals surface area (Å²) >= 11 is 0. The molecule has 0 unspecified atom stereocenters. The molecule has 34 heavy (non-hydrogen) atoms. The number of nitrogens with one attached hydrogen (secondary N) is 3. The summed E-state index contributed by atoms with van der Waals surface area (Å²) in [4.78, 5) is 6.23. The molecule has 2 aromatic rings. The van der Waals surface area contributed by atoms with E-state index in [4.69, 9.17) is 20.3 Å². The smallest absolute Gasteiger partial charge is 0.416 e. The molecule has 12 heteroatoms. The van der Waals surface area contributed by atoms with Gasteiger partial charge in [-0.25, -0.2) is 4.68 Å². The average Bonchev–Trinajstić information content (AvgIpc) is 3.15. The van der Waals surface area contributed by atoms with E-state index in [0.29, 0.717) is 19.0 Å². The Morgan fingerprint density at radius 3 is 2.47 bits per heavy atom. The lowest BCUT2D eigenvalue weighted by molar-refractivity contribution is -0.138. The third-order valence-corrected chi connectivity index (χ3v) is 6.18. The number of hydrogen-bond donors (Lipinski definition) is 3. The topological polar surface area (TPSA) is 112 Å². The number of ether oxygens (including phenoxy) is 2. The number of anilines is 1. The SMILES string of the molecule is CC(=N)OC(=N)N1C[C@H]2C[C@@H](C1)[C@@H]2Nc1nc(Oc2ccc(C)c(C(F)(F)F)c2)n(C(C)C)n1. The maximum atomic E-state index is 13.3. The fourth-order valence-electron chi connectivity index (χ4n) is 4.50. The Labute approximate surface area is 195 Å². The minimum absolute atomic E-state index is 0.0186. The number of hydrogen-bond acceptors (Lipinski definition) is 7. The molecule has 1 aliphatic carbocycles. The van der Waals surface area contributed by atoms with Crippen molar-refractivity contribution >= 4 is 17.9 Å². The first kappa shape index (κ1) is 23.8. The summed E-state index contributed by atoms with van der Waals surface area (Å²) in [7, 11) is 0. The molecule has 9 nitrogen and oxygen atoms in total. The van der Waals surface area contributed by atoms with Crippen LogP contribution in [0.5, 0.6) is 11.8 Å². The number of benzene rings is 1. The molecule has 0 spiro atoms. The van der Waals surface area contributed by atoms with Gasteiger partial charge >= 0.3 is 12.2 Å². The van der Waals surface area contributed by atoms with Gasteiger partial charge in [-0.2, -0.15) is 18.2 Å². The van der Waals surface area contributed by atoms with E-state index in [2.05, 4.69) is 15.4 Å². The zero-order chi connectivity index (χ0) is 24.8. The normalized spacial score (nSPS) is 21.8. The number of halogens is 3. The molecule has 5 rings (SSSR count). The predicted octanol–water partition coefficient (Wildman–Crippen LogP) is 4.66. The van der Waals surface area contributed by atoms with Crippen molar-refractivity contribution in [1.82, 2.24) is 19.7 Å². The molecular formula is C22H28F3N7O2. The Balaban J connectivity index is 1.47. The van der Waals surface area contributed by atoms with Gasteiger partial charge in [0.15, 0.2) is 5.90 Å². The highest BCUT2D eigenvalue weighted by Gasteiger charge is 2.48. The summed E-state index contributed by atoms with van der Waals surface area (Å²) in [5.74, 6) is 0.883. The van der Waals surface area contributed by atoms with E-state index in [0.717, 1.165) is 12.5 Å². The molecule has 1 saturated carbocycles. The van der Waals surface area contributed by atoms with Crippen LogP contribution >= 0.6 is 0 Å². The van der Waals surface area contributed by atoms with Gasteiger partial charge in [-0.1, -0.05) is 6.07 Å². The molecule has 3 aliphatic rings. The second-order valence-electron chi connectivity index (χ2n) is 9.13. The first-order valence-corrected chi connectivity index (χ1v) is 11.1. The minimum Gasteiger partial charge on any atom is -0.424 e. The van der Waals surface area contributed by atoms with Crippen LogP contribution in [0.3, 0.4) is 0 Å². The molecule has 0 amide bonds. The van der Waals surface area contributed by atoms with E-state index in [1.165, 1.54) is 30.7 Å². The van der Waals surface area contributed by atoms with Crippen molar-refractivity contribution in [1.29, 1.82) is 10.8 Å². The molecule has 2 bridgehead atoms. The number of aromatic nitrogens is 3. The lowest BCUT2D eigenvalue weighted by Crippen LogP contribution is -2.62. The van der Waals surface area contributed by atoms with Crippen molar-refractivity contribution in [2.75, 3.05) is 18.4 Å². The van der Waals surface area contributed by atoms with Gasteiger partial charge < -0.3 is 19.7 Å². The van der Waals surface area contributed by atoms with E-state index in [9.17, 15) is 13.2 Å². The number of nitrogens with zero attached hydrogens (tertiary/aromatic N) is 4. The zero-order valence-corrected chi connectivity index (χ0v) is 19.4. The van der Waals surface area contributed by atoms with E-state index >= 15 is 0 Å². The van der Waals surface area contributed by atoms with Gasteiger partial charge in [0.05, 0.1) is 11.6 Å². The van der Waals surface area contributed by atoms with E-state index in [1.54, 1.807) is 0 Å². The minimum atomic E-state index is -4.48. The van der Waals surface area contributed by atoms with Crippen LogP contribution in [0.4, 0.5) is 19.1 Å². The standard InChI is InChI=1S/C22H28F3N7O2/c1-11(2)32-21(34-16-6-5-12(3)17(8-16)22(23,24)25)29-20(30-32)28-18-14-7-15(18)10-31(9-14)19(27)33-13(4)26/h5-6,8,11,14-15,18,26-27H,7,9-10H2,1-4H3,(H,28,30)/t14-,15+,18-. The highest BCUT2D eigenvalue weighted by molar-refractivity contribution is 5.86. The molecule has 3 heterocycles. The first-order valence-electron chi connectivity index (χ1n) is 11.1. The summed E-state index contributed by atoms with van der Waals surface area (Å²) < 4.78 is 52.2. The van der Waals surface area contributed by atoms with Gasteiger partial charge in [-0.05, 0) is 56.7 Å². The van der Waals surface area contributed by atoms with Crippen LogP contribution < -0.4 is 10.1 Å². The number of alkyl halides is 3. The summed E-state index contributed by atoms with van der Waals surface area (Å²) in [6.45, 7) is 7.90. The maximum absolute atomic E-state index is 13.3. The van der Waals surface area contributed by atoms with Crippen molar-refractivity contribution in [3.05, 3.63) is 29.3 Å². The largest absolute Gasteiger partial charge is 0.424 e. The molecule has 3 N–H and O–H groups in total. The molecule has 0 radical (unpaired) electrons. The van der Waals surface area contributed by atoms with Gasteiger partial charge in [0, 0.05) is 26.1 Å². The quantitative estimate of drug-likeness (QED) is 0.425. The molecule has 2 aliphatic heterocycles. The number of piperidine rings is 2. The highest BCUT2D eigenvalue weighted by Crippen LogP contribution is 2.42. The summed E-state index contributed by atoms with van der Waals surface area (Å²) in [5.41, 5.74) is -0.633. The van der Waals surface area contributed by atoms with Gasteiger partial charge in [0.25, 0.3) is 6.02 Å². The van der Waals surface area contributed by atoms with Crippen LogP contribution in [0, 0.1) is 29.6 Å². The fourth-order valence-corrected chi connectivity index (χ4v) is 4.50. The molecule has 2 saturated heterocycles. The molecular weight excluding hydrogens is 451 g/mol. The number of amidine groups is 1. The second-order valence-corrected chi connectivity index (χ2v) is 9.13. The third-order valence-electron chi connectivity index (χ3n) is 6.18. The number of aryl methyl sites for hydroxylation is 1. The molecule has 1 aromatic carbocycles. The summed E-state index contributed by atoms with van der Waals surface area (Å²) in [6, 6.07) is 3.90. The number of fused-ring (bicyclic) bond motifs is 2. The van der Waals surface area contributed by atoms with Crippen LogP contribution in [0.2, 0.25) is 0 Å². The van der Waals surface area contributed by atoms with Crippen LogP contribution in [0.1, 0.15) is 44.4 Å². The van der Waals surface area contributed by atoms with Crippen molar-refractivity contribution in [3.8, 4) is 11.8 Å². The summed E-state index contributed by atoms with van der Waals surface area (Å²) in [5, 5.41) is 23.2. The van der Waals surface area contributed by atoms with Gasteiger partial charge in [-0.15, -0.1) is 5.10 Å². The fraction of sp³-hybridized carbons (Fsp3) is 0.545. The van der Waals surface area contributed by atoms with Crippen LogP contribution in [-0.2, 0) is 10.9 Å². The van der Waals surface area contributed by atoms with Gasteiger partial charge in [0.1, 0.15) is 5.75 Å². The average molecular weight is 480 g/mol. The molecule has 184 valence electrons. The first-order chi connectivity index (χ1) is 15.9. The van der Waals surface area contributed by atoms with Crippen molar-refractivity contribution in [2.24, 2.45) is 11.8 Å². The number of rotatable bonds is 5. The third kappa shape index (κ3) is 4.80. The Bertz CT molecular complexity index is 1090. The van der Waals surface area contributed by atoms with Crippen molar-refractivity contribution < 1.29 is 22.6 Å². The Morgan fingerprint density at radius 2 is 1.88 bits per heavy atom. The lowest BCUT2D eigenvalue weighted by atomic mass is 9.66. The highest BCUT2D eigenvalue weighted by atomic mass is 19.4. The van der Waals surface area contributed by atoms with Crippen LogP contribution in [0.15, 0.2) is 18.2 Å². The van der Waals surface area contributed by atoms with E-state index in [1.807, 2.05) is 18.7 Å². The van der Waals surface area contributed by atoms with Crippen molar-refractivity contribution in [3.63, 3.8) is 0 Å². The Kier molecular flexibility index (Phi) is 6.17. The van der Waals surface area contributed by atoms with Gasteiger partial charge in [0.2, 0.25) is 5.95 Å². The van der Waals surface area contributed by atoms with E-state index < -0.39 is 11.7 Å². The molecule has 3 fully saturated rings. The van der Waals surface area contributed by atoms with Crippen LogP contribution in [0.25, 0.3) is 0 Å². The van der Waals surface area contributed by atoms with E-state index in [-0.39, 0.29) is 53.2 Å². The Hall–Kier alpha value is -3.31. The maximum Gasteiger partial charge on any atom is 0.416 e.